The average Bonchev–Trinajstić information content (AvgIpc) is 2.62. The Morgan fingerprint density at radius 1 is 1.25 bits per heavy atom. The minimum atomic E-state index is -0.952. The molecule has 1 fully saturated rings. The summed E-state index contributed by atoms with van der Waals surface area (Å²) in [7, 11) is 0. The SMILES string of the molecule is CC(=O)N1C(C(=O)O)C(C)(C)S[C@H]1c1ccc(C)cc1. The van der Waals surface area contributed by atoms with Crippen molar-refractivity contribution in [3.8, 4) is 0 Å². The second-order valence-electron chi connectivity index (χ2n) is 5.65. The van der Waals surface area contributed by atoms with Gasteiger partial charge in [0, 0.05) is 11.7 Å². The number of hydrogen-bond donors (Lipinski definition) is 1. The molecule has 0 saturated carbocycles. The van der Waals surface area contributed by atoms with E-state index in [9.17, 15) is 14.7 Å². The summed E-state index contributed by atoms with van der Waals surface area (Å²) in [6.07, 6.45) is 0. The third kappa shape index (κ3) is 2.54. The first-order chi connectivity index (χ1) is 9.24. The lowest BCUT2D eigenvalue weighted by Crippen LogP contribution is -2.48. The number of carbonyl (C=O) groups excluding carboxylic acids is 1. The summed E-state index contributed by atoms with van der Waals surface area (Å²) in [5, 5.41) is 9.22. The van der Waals surface area contributed by atoms with Crippen molar-refractivity contribution < 1.29 is 14.7 Å². The Kier molecular flexibility index (Phi) is 3.82. The summed E-state index contributed by atoms with van der Waals surface area (Å²) >= 11 is 1.52. The van der Waals surface area contributed by atoms with E-state index in [0.717, 1.165) is 11.1 Å². The molecular formula is C15H19NO3S. The zero-order chi connectivity index (χ0) is 15.1. The number of carboxylic acid groups (broad SMARTS) is 1. The molecule has 108 valence electrons. The van der Waals surface area contributed by atoms with E-state index in [4.69, 9.17) is 0 Å². The van der Waals surface area contributed by atoms with Gasteiger partial charge in [0.1, 0.15) is 11.4 Å². The number of carboxylic acids is 1. The van der Waals surface area contributed by atoms with E-state index in [1.165, 1.54) is 23.6 Å². The molecule has 1 aliphatic heterocycles. The molecule has 0 radical (unpaired) electrons. The first-order valence-corrected chi connectivity index (χ1v) is 7.38. The van der Waals surface area contributed by atoms with Gasteiger partial charge in [-0.15, -0.1) is 11.8 Å². The maximum atomic E-state index is 11.9. The lowest BCUT2D eigenvalue weighted by molar-refractivity contribution is -0.150. The highest BCUT2D eigenvalue weighted by Gasteiger charge is 2.52. The van der Waals surface area contributed by atoms with Gasteiger partial charge in [-0.05, 0) is 26.3 Å². The smallest absolute Gasteiger partial charge is 0.327 e. The van der Waals surface area contributed by atoms with Gasteiger partial charge >= 0.3 is 5.97 Å². The highest BCUT2D eigenvalue weighted by Crippen LogP contribution is 2.52. The predicted molar refractivity (Wildman–Crippen MR) is 79.5 cm³/mol. The molecule has 1 saturated heterocycles. The molecule has 1 amide bonds. The van der Waals surface area contributed by atoms with E-state index in [1.54, 1.807) is 0 Å². The van der Waals surface area contributed by atoms with Crippen LogP contribution in [0.1, 0.15) is 37.3 Å². The molecule has 1 heterocycles. The van der Waals surface area contributed by atoms with Crippen molar-refractivity contribution in [1.82, 2.24) is 4.90 Å². The number of rotatable bonds is 2. The molecule has 1 aliphatic rings. The predicted octanol–water partition coefficient (Wildman–Crippen LogP) is 2.82. The first-order valence-electron chi connectivity index (χ1n) is 6.50. The van der Waals surface area contributed by atoms with E-state index >= 15 is 0 Å². The van der Waals surface area contributed by atoms with Crippen molar-refractivity contribution in [2.45, 2.75) is 43.9 Å². The van der Waals surface area contributed by atoms with Crippen molar-refractivity contribution in [2.75, 3.05) is 0 Å². The van der Waals surface area contributed by atoms with Gasteiger partial charge in [-0.2, -0.15) is 0 Å². The lowest BCUT2D eigenvalue weighted by atomic mass is 10.0. The highest BCUT2D eigenvalue weighted by molar-refractivity contribution is 8.01. The van der Waals surface area contributed by atoms with Gasteiger partial charge in [-0.3, -0.25) is 4.79 Å². The van der Waals surface area contributed by atoms with Gasteiger partial charge in [0.2, 0.25) is 5.91 Å². The molecule has 0 bridgehead atoms. The van der Waals surface area contributed by atoms with Crippen LogP contribution in [-0.4, -0.2) is 32.7 Å². The maximum Gasteiger partial charge on any atom is 0.327 e. The fraction of sp³-hybridized carbons (Fsp3) is 0.467. The quantitative estimate of drug-likeness (QED) is 0.911. The number of aryl methyl sites for hydroxylation is 1. The second-order valence-corrected chi connectivity index (χ2v) is 7.39. The van der Waals surface area contributed by atoms with Gasteiger partial charge in [0.25, 0.3) is 0 Å². The summed E-state index contributed by atoms with van der Waals surface area (Å²) in [5.41, 5.74) is 2.10. The average molecular weight is 293 g/mol. The minimum absolute atomic E-state index is 0.207. The van der Waals surface area contributed by atoms with Gasteiger partial charge < -0.3 is 10.0 Å². The van der Waals surface area contributed by atoms with Gasteiger partial charge in [-0.25, -0.2) is 4.79 Å². The Morgan fingerprint density at radius 3 is 2.25 bits per heavy atom. The summed E-state index contributed by atoms with van der Waals surface area (Å²) in [6.45, 7) is 7.18. The highest BCUT2D eigenvalue weighted by atomic mass is 32.2. The molecule has 0 spiro atoms. The Morgan fingerprint density at radius 2 is 1.80 bits per heavy atom. The largest absolute Gasteiger partial charge is 0.480 e. The third-order valence-corrected chi connectivity index (χ3v) is 5.12. The van der Waals surface area contributed by atoms with Crippen molar-refractivity contribution in [3.05, 3.63) is 35.4 Å². The van der Waals surface area contributed by atoms with E-state index in [1.807, 2.05) is 45.0 Å². The van der Waals surface area contributed by atoms with Crippen molar-refractivity contribution in [1.29, 1.82) is 0 Å². The van der Waals surface area contributed by atoms with Crippen LogP contribution >= 0.6 is 11.8 Å². The van der Waals surface area contributed by atoms with Crippen LogP contribution in [-0.2, 0) is 9.59 Å². The molecule has 1 aromatic carbocycles. The van der Waals surface area contributed by atoms with Gasteiger partial charge in [0.15, 0.2) is 0 Å². The Labute approximate surface area is 123 Å². The monoisotopic (exact) mass is 293 g/mol. The fourth-order valence-corrected chi connectivity index (χ4v) is 4.20. The Bertz CT molecular complexity index is 539. The third-order valence-electron chi connectivity index (χ3n) is 3.56. The molecule has 2 rings (SSSR count). The van der Waals surface area contributed by atoms with E-state index in [0.29, 0.717) is 0 Å². The van der Waals surface area contributed by atoms with Gasteiger partial charge in [-0.1, -0.05) is 29.8 Å². The molecule has 0 aliphatic carbocycles. The molecule has 20 heavy (non-hydrogen) atoms. The van der Waals surface area contributed by atoms with Crippen molar-refractivity contribution in [3.63, 3.8) is 0 Å². The second kappa shape index (κ2) is 5.13. The van der Waals surface area contributed by atoms with Crippen LogP contribution in [0.3, 0.4) is 0 Å². The standard InChI is InChI=1S/C15H19NO3S/c1-9-5-7-11(8-6-9)13-16(10(2)17)12(14(18)19)15(3,4)20-13/h5-8,12-13H,1-4H3,(H,18,19)/t12?,13-/m0/s1. The topological polar surface area (TPSA) is 57.6 Å². The van der Waals surface area contributed by atoms with Crippen LogP contribution in [0, 0.1) is 6.92 Å². The molecule has 0 aromatic heterocycles. The fourth-order valence-electron chi connectivity index (χ4n) is 2.60. The summed E-state index contributed by atoms with van der Waals surface area (Å²) < 4.78 is -0.521. The molecule has 1 aromatic rings. The number of benzene rings is 1. The number of thioether (sulfide) groups is 1. The number of carbonyl (C=O) groups is 2. The lowest BCUT2D eigenvalue weighted by Gasteiger charge is -2.28. The summed E-state index contributed by atoms with van der Waals surface area (Å²) in [5.74, 6) is -1.16. The van der Waals surface area contributed by atoms with Crippen LogP contribution in [0.2, 0.25) is 0 Å². The zero-order valence-corrected chi connectivity index (χ0v) is 12.9. The van der Waals surface area contributed by atoms with E-state index < -0.39 is 16.8 Å². The van der Waals surface area contributed by atoms with Crippen LogP contribution in [0.5, 0.6) is 0 Å². The molecular weight excluding hydrogens is 274 g/mol. The summed E-state index contributed by atoms with van der Waals surface area (Å²) in [4.78, 5) is 25.0. The number of amides is 1. The number of aliphatic carboxylic acids is 1. The Balaban J connectivity index is 2.45. The van der Waals surface area contributed by atoms with Crippen molar-refractivity contribution >= 4 is 23.6 Å². The van der Waals surface area contributed by atoms with E-state index in [2.05, 4.69) is 0 Å². The molecule has 1 N–H and O–H groups in total. The van der Waals surface area contributed by atoms with Crippen LogP contribution < -0.4 is 0 Å². The normalized spacial score (nSPS) is 24.7. The van der Waals surface area contributed by atoms with Crippen LogP contribution in [0.4, 0.5) is 0 Å². The van der Waals surface area contributed by atoms with Crippen molar-refractivity contribution in [2.24, 2.45) is 0 Å². The zero-order valence-electron chi connectivity index (χ0n) is 12.1. The molecule has 1 unspecified atom stereocenters. The molecule has 2 atom stereocenters. The van der Waals surface area contributed by atoms with E-state index in [-0.39, 0.29) is 11.3 Å². The number of hydrogen-bond acceptors (Lipinski definition) is 3. The van der Waals surface area contributed by atoms with Gasteiger partial charge in [0.05, 0.1) is 0 Å². The van der Waals surface area contributed by atoms with Crippen LogP contribution in [0.15, 0.2) is 24.3 Å². The first kappa shape index (κ1) is 14.9. The summed E-state index contributed by atoms with van der Waals surface area (Å²) in [6, 6.07) is 7.08. The molecule has 4 nitrogen and oxygen atoms in total. The Hall–Kier alpha value is -1.49. The van der Waals surface area contributed by atoms with Crippen LogP contribution in [0.25, 0.3) is 0 Å². The minimum Gasteiger partial charge on any atom is -0.480 e. The molecule has 5 heteroatoms. The maximum absolute atomic E-state index is 11.9. The number of nitrogens with zero attached hydrogens (tertiary/aromatic N) is 1.